The summed E-state index contributed by atoms with van der Waals surface area (Å²) in [6.45, 7) is 3.63. The highest BCUT2D eigenvalue weighted by atomic mass is 35.5. The van der Waals surface area contributed by atoms with Gasteiger partial charge in [0.1, 0.15) is 6.04 Å². The number of aromatic nitrogens is 2. The van der Waals surface area contributed by atoms with Crippen molar-refractivity contribution in [1.29, 1.82) is 0 Å². The van der Waals surface area contributed by atoms with Crippen molar-refractivity contribution in [3.05, 3.63) is 46.7 Å². The Balaban J connectivity index is 1.33. The SMILES string of the molecule is O=C(CC1C(=O)NCCN1C(=O)CN1CCN(c2ncccn2)CC1)Nc1cc(Cl)cc(Cl)c1. The molecule has 0 saturated carbocycles. The van der Waals surface area contributed by atoms with Gasteiger partial charge in [-0.3, -0.25) is 19.3 Å². The Hall–Kier alpha value is -2.95. The zero-order valence-corrected chi connectivity index (χ0v) is 19.9. The molecule has 34 heavy (non-hydrogen) atoms. The second-order valence-electron chi connectivity index (χ2n) is 8.12. The third-order valence-electron chi connectivity index (χ3n) is 5.74. The fourth-order valence-corrected chi connectivity index (χ4v) is 4.60. The number of rotatable bonds is 6. The van der Waals surface area contributed by atoms with Gasteiger partial charge in [-0.2, -0.15) is 0 Å². The minimum Gasteiger partial charge on any atom is -0.353 e. The van der Waals surface area contributed by atoms with E-state index in [1.165, 1.54) is 4.90 Å². The van der Waals surface area contributed by atoms with Crippen molar-refractivity contribution >= 4 is 52.6 Å². The lowest BCUT2D eigenvalue weighted by molar-refractivity contribution is -0.145. The van der Waals surface area contributed by atoms with Crippen molar-refractivity contribution in [1.82, 2.24) is 25.1 Å². The summed E-state index contributed by atoms with van der Waals surface area (Å²) in [6.07, 6.45) is 3.24. The first-order valence-electron chi connectivity index (χ1n) is 11.0. The van der Waals surface area contributed by atoms with Gasteiger partial charge in [0, 0.05) is 67.4 Å². The minimum absolute atomic E-state index is 0.166. The van der Waals surface area contributed by atoms with Crippen LogP contribution in [-0.2, 0) is 14.4 Å². The van der Waals surface area contributed by atoms with Gasteiger partial charge in [-0.15, -0.1) is 0 Å². The van der Waals surface area contributed by atoms with Gasteiger partial charge in [0.05, 0.1) is 13.0 Å². The van der Waals surface area contributed by atoms with E-state index in [0.717, 1.165) is 0 Å². The summed E-state index contributed by atoms with van der Waals surface area (Å²) in [5.74, 6) is -0.254. The van der Waals surface area contributed by atoms with Crippen LogP contribution in [0.4, 0.5) is 11.6 Å². The number of anilines is 2. The fourth-order valence-electron chi connectivity index (χ4n) is 4.07. The van der Waals surface area contributed by atoms with Crippen molar-refractivity contribution in [2.75, 3.05) is 56.0 Å². The number of halogens is 2. The Morgan fingerprint density at radius 2 is 1.71 bits per heavy atom. The largest absolute Gasteiger partial charge is 0.353 e. The average Bonchev–Trinajstić information content (AvgIpc) is 2.80. The molecule has 1 atom stereocenters. The van der Waals surface area contributed by atoms with Gasteiger partial charge in [-0.05, 0) is 24.3 Å². The van der Waals surface area contributed by atoms with Crippen LogP contribution in [0.1, 0.15) is 6.42 Å². The van der Waals surface area contributed by atoms with Crippen molar-refractivity contribution in [3.8, 4) is 0 Å². The molecule has 0 aliphatic carbocycles. The van der Waals surface area contributed by atoms with Gasteiger partial charge in [0.2, 0.25) is 23.7 Å². The van der Waals surface area contributed by atoms with E-state index >= 15 is 0 Å². The van der Waals surface area contributed by atoms with Gasteiger partial charge < -0.3 is 20.4 Å². The molecule has 180 valence electrons. The number of hydrogen-bond acceptors (Lipinski definition) is 7. The molecule has 1 unspecified atom stereocenters. The molecule has 0 spiro atoms. The third-order valence-corrected chi connectivity index (χ3v) is 6.18. The molecule has 2 aromatic rings. The molecule has 12 heteroatoms. The van der Waals surface area contributed by atoms with E-state index in [1.54, 1.807) is 36.7 Å². The number of amides is 3. The lowest BCUT2D eigenvalue weighted by Crippen LogP contribution is -2.60. The predicted molar refractivity (Wildman–Crippen MR) is 129 cm³/mol. The first-order valence-corrected chi connectivity index (χ1v) is 11.7. The number of carbonyl (C=O) groups is 3. The van der Waals surface area contributed by atoms with E-state index in [1.807, 2.05) is 4.90 Å². The number of nitrogens with zero attached hydrogens (tertiary/aromatic N) is 5. The molecule has 2 aliphatic heterocycles. The van der Waals surface area contributed by atoms with E-state index in [2.05, 4.69) is 25.5 Å². The Morgan fingerprint density at radius 1 is 1.03 bits per heavy atom. The van der Waals surface area contributed by atoms with Crippen LogP contribution in [0.15, 0.2) is 36.7 Å². The van der Waals surface area contributed by atoms with Crippen LogP contribution in [0, 0.1) is 0 Å². The maximum atomic E-state index is 13.1. The zero-order valence-electron chi connectivity index (χ0n) is 18.4. The van der Waals surface area contributed by atoms with Gasteiger partial charge in [-0.25, -0.2) is 9.97 Å². The quantitative estimate of drug-likeness (QED) is 0.607. The third kappa shape index (κ3) is 6.13. The van der Waals surface area contributed by atoms with E-state index in [4.69, 9.17) is 23.2 Å². The molecule has 1 aromatic carbocycles. The predicted octanol–water partition coefficient (Wildman–Crippen LogP) is 1.26. The molecule has 2 saturated heterocycles. The van der Waals surface area contributed by atoms with E-state index in [0.29, 0.717) is 60.9 Å². The van der Waals surface area contributed by atoms with Gasteiger partial charge >= 0.3 is 0 Å². The first kappa shape index (κ1) is 24.2. The summed E-state index contributed by atoms with van der Waals surface area (Å²) < 4.78 is 0. The average molecular weight is 506 g/mol. The van der Waals surface area contributed by atoms with Crippen LogP contribution < -0.4 is 15.5 Å². The number of benzene rings is 1. The molecule has 1 aromatic heterocycles. The molecular formula is C22H25Cl2N7O3. The van der Waals surface area contributed by atoms with Gasteiger partial charge in [0.25, 0.3) is 0 Å². The molecule has 2 N–H and O–H groups in total. The van der Waals surface area contributed by atoms with Crippen LogP contribution in [0.5, 0.6) is 0 Å². The zero-order chi connectivity index (χ0) is 24.1. The summed E-state index contributed by atoms with van der Waals surface area (Å²) in [7, 11) is 0. The normalized spacial score (nSPS) is 19.0. The monoisotopic (exact) mass is 505 g/mol. The van der Waals surface area contributed by atoms with Gasteiger partial charge in [0.15, 0.2) is 0 Å². The molecule has 2 aliphatic rings. The van der Waals surface area contributed by atoms with Crippen LogP contribution in [0.3, 0.4) is 0 Å². The highest BCUT2D eigenvalue weighted by Crippen LogP contribution is 2.23. The Morgan fingerprint density at radius 3 is 2.38 bits per heavy atom. The minimum atomic E-state index is -0.880. The summed E-state index contributed by atoms with van der Waals surface area (Å²) in [4.78, 5) is 52.4. The van der Waals surface area contributed by atoms with E-state index in [9.17, 15) is 14.4 Å². The summed E-state index contributed by atoms with van der Waals surface area (Å²) in [5, 5.41) is 6.21. The standard InChI is InChI=1S/C22H25Cl2N7O3/c23-15-10-16(24)12-17(11-15)28-19(32)13-18-21(34)25-4-5-31(18)20(33)14-29-6-8-30(9-7-29)22-26-2-1-3-27-22/h1-3,10-12,18H,4-9,13-14H2,(H,25,34)(H,28,32). The lowest BCUT2D eigenvalue weighted by atomic mass is 10.1. The first-order chi connectivity index (χ1) is 16.4. The van der Waals surface area contributed by atoms with Crippen LogP contribution >= 0.6 is 23.2 Å². The van der Waals surface area contributed by atoms with Crippen molar-refractivity contribution in [2.24, 2.45) is 0 Å². The number of piperazine rings is 2. The Kier molecular flexibility index (Phi) is 7.81. The second-order valence-corrected chi connectivity index (χ2v) is 8.99. The molecule has 3 amide bonds. The molecular weight excluding hydrogens is 481 g/mol. The maximum absolute atomic E-state index is 13.1. The smallest absolute Gasteiger partial charge is 0.243 e. The molecule has 3 heterocycles. The lowest BCUT2D eigenvalue weighted by Gasteiger charge is -2.38. The molecule has 10 nitrogen and oxygen atoms in total. The van der Waals surface area contributed by atoms with Gasteiger partial charge in [-0.1, -0.05) is 23.2 Å². The topological polar surface area (TPSA) is 111 Å². The van der Waals surface area contributed by atoms with E-state index < -0.39 is 11.9 Å². The second kappa shape index (κ2) is 11.0. The van der Waals surface area contributed by atoms with Crippen molar-refractivity contribution in [3.63, 3.8) is 0 Å². The fraction of sp³-hybridized carbons (Fsp3) is 0.409. The van der Waals surface area contributed by atoms with Crippen molar-refractivity contribution in [2.45, 2.75) is 12.5 Å². The number of nitrogens with one attached hydrogen (secondary N) is 2. The number of hydrogen-bond donors (Lipinski definition) is 2. The highest BCUT2D eigenvalue weighted by Gasteiger charge is 2.35. The van der Waals surface area contributed by atoms with Crippen LogP contribution in [0.25, 0.3) is 0 Å². The Bertz CT molecular complexity index is 1030. The highest BCUT2D eigenvalue weighted by molar-refractivity contribution is 6.35. The van der Waals surface area contributed by atoms with Crippen molar-refractivity contribution < 1.29 is 14.4 Å². The maximum Gasteiger partial charge on any atom is 0.243 e. The Labute approximate surface area is 207 Å². The van der Waals surface area contributed by atoms with Crippen LogP contribution in [-0.4, -0.2) is 89.3 Å². The molecule has 0 radical (unpaired) electrons. The summed E-state index contributed by atoms with van der Waals surface area (Å²) >= 11 is 12.0. The van der Waals surface area contributed by atoms with Crippen LogP contribution in [0.2, 0.25) is 10.0 Å². The van der Waals surface area contributed by atoms with E-state index in [-0.39, 0.29) is 24.8 Å². The molecule has 0 bridgehead atoms. The summed E-state index contributed by atoms with van der Waals surface area (Å²) in [6, 6.07) is 5.58. The molecule has 4 rings (SSSR count). The number of carbonyl (C=O) groups excluding carboxylic acids is 3. The molecule has 2 fully saturated rings. The summed E-state index contributed by atoms with van der Waals surface area (Å²) in [5.41, 5.74) is 0.428.